The molecule has 0 spiro atoms. The second-order valence-electron chi connectivity index (χ2n) is 5.58. The van der Waals surface area contributed by atoms with E-state index in [1.807, 2.05) is 24.3 Å². The molecule has 124 valence electrons. The highest BCUT2D eigenvalue weighted by atomic mass is 35.5. The summed E-state index contributed by atoms with van der Waals surface area (Å²) >= 11 is 0. The molecule has 8 heteroatoms. The van der Waals surface area contributed by atoms with Crippen LogP contribution in [0.4, 0.5) is 5.69 Å². The van der Waals surface area contributed by atoms with E-state index in [2.05, 4.69) is 26.2 Å². The molecule has 1 amide bonds. The minimum atomic E-state index is 0. The molecule has 7 nitrogen and oxygen atoms in total. The van der Waals surface area contributed by atoms with E-state index < -0.39 is 0 Å². The van der Waals surface area contributed by atoms with E-state index in [0.29, 0.717) is 12.3 Å². The van der Waals surface area contributed by atoms with Crippen molar-refractivity contribution in [2.24, 2.45) is 5.92 Å². The number of halogens is 1. The summed E-state index contributed by atoms with van der Waals surface area (Å²) in [6.45, 7) is 2.14. The van der Waals surface area contributed by atoms with Gasteiger partial charge in [0.15, 0.2) is 0 Å². The summed E-state index contributed by atoms with van der Waals surface area (Å²) in [4.78, 5) is 12.1. The van der Waals surface area contributed by atoms with E-state index in [4.69, 9.17) is 0 Å². The van der Waals surface area contributed by atoms with Crippen LogP contribution in [0.5, 0.6) is 0 Å². The maximum absolute atomic E-state index is 12.1. The third-order valence-electron chi connectivity index (χ3n) is 3.98. The van der Waals surface area contributed by atoms with Crippen molar-refractivity contribution in [3.05, 3.63) is 30.6 Å². The molecule has 0 aliphatic carbocycles. The lowest BCUT2D eigenvalue weighted by Gasteiger charge is -2.22. The largest absolute Gasteiger partial charge is 0.326 e. The number of hydrogen-bond donors (Lipinski definition) is 2. The van der Waals surface area contributed by atoms with E-state index >= 15 is 0 Å². The first-order valence-electron chi connectivity index (χ1n) is 7.65. The number of piperidine rings is 1. The molecule has 3 rings (SSSR count). The molecule has 0 saturated carbocycles. The summed E-state index contributed by atoms with van der Waals surface area (Å²) < 4.78 is 1.56. The minimum Gasteiger partial charge on any atom is -0.326 e. The van der Waals surface area contributed by atoms with Crippen LogP contribution in [0.15, 0.2) is 30.6 Å². The number of tetrazole rings is 1. The van der Waals surface area contributed by atoms with Gasteiger partial charge in [0.25, 0.3) is 0 Å². The summed E-state index contributed by atoms with van der Waals surface area (Å²) in [6, 6.07) is 7.50. The Kier molecular flexibility index (Phi) is 6.49. The summed E-state index contributed by atoms with van der Waals surface area (Å²) in [5.41, 5.74) is 1.59. The molecule has 2 N–H and O–H groups in total. The third-order valence-corrected chi connectivity index (χ3v) is 3.98. The summed E-state index contributed by atoms with van der Waals surface area (Å²) in [5, 5.41) is 17.4. The molecule has 1 aliphatic heterocycles. The fourth-order valence-electron chi connectivity index (χ4n) is 2.73. The predicted octanol–water partition coefficient (Wildman–Crippen LogP) is 1.80. The van der Waals surface area contributed by atoms with Crippen molar-refractivity contribution in [3.63, 3.8) is 0 Å². The topological polar surface area (TPSA) is 84.7 Å². The van der Waals surface area contributed by atoms with Crippen LogP contribution in [0.1, 0.15) is 25.7 Å². The first kappa shape index (κ1) is 17.4. The molecular formula is C15H21ClN6O. The highest BCUT2D eigenvalue weighted by Gasteiger charge is 2.14. The van der Waals surface area contributed by atoms with Crippen LogP contribution < -0.4 is 10.6 Å². The van der Waals surface area contributed by atoms with Gasteiger partial charge in [0, 0.05) is 12.1 Å². The molecule has 0 unspecified atom stereocenters. The van der Waals surface area contributed by atoms with Gasteiger partial charge >= 0.3 is 0 Å². The van der Waals surface area contributed by atoms with Crippen molar-refractivity contribution in [2.45, 2.75) is 25.7 Å². The van der Waals surface area contributed by atoms with E-state index in [1.54, 1.807) is 4.68 Å². The van der Waals surface area contributed by atoms with Crippen molar-refractivity contribution < 1.29 is 4.79 Å². The van der Waals surface area contributed by atoms with Gasteiger partial charge in [-0.15, -0.1) is 17.5 Å². The van der Waals surface area contributed by atoms with Crippen molar-refractivity contribution in [3.8, 4) is 5.69 Å². The molecule has 23 heavy (non-hydrogen) atoms. The number of amides is 1. The Morgan fingerprint density at radius 2 is 2.17 bits per heavy atom. The number of nitrogens with zero attached hydrogens (tertiary/aromatic N) is 4. The molecule has 0 bridgehead atoms. The molecule has 0 radical (unpaired) electrons. The number of hydrogen-bond acceptors (Lipinski definition) is 5. The van der Waals surface area contributed by atoms with Crippen molar-refractivity contribution >= 4 is 24.0 Å². The lowest BCUT2D eigenvalue weighted by atomic mass is 9.93. The fourth-order valence-corrected chi connectivity index (χ4v) is 2.73. The Labute approximate surface area is 141 Å². The second kappa shape index (κ2) is 8.59. The van der Waals surface area contributed by atoms with Crippen LogP contribution in [0, 0.1) is 5.92 Å². The van der Waals surface area contributed by atoms with Crippen molar-refractivity contribution in [1.29, 1.82) is 0 Å². The lowest BCUT2D eigenvalue weighted by molar-refractivity contribution is -0.116. The fraction of sp³-hybridized carbons (Fsp3) is 0.467. The zero-order valence-electron chi connectivity index (χ0n) is 12.8. The highest BCUT2D eigenvalue weighted by Crippen LogP contribution is 2.19. The number of benzene rings is 1. The Bertz CT molecular complexity index is 612. The van der Waals surface area contributed by atoms with Crippen LogP contribution in [0.25, 0.3) is 5.69 Å². The lowest BCUT2D eigenvalue weighted by Crippen LogP contribution is -2.28. The van der Waals surface area contributed by atoms with Gasteiger partial charge < -0.3 is 10.6 Å². The molecule has 2 heterocycles. The van der Waals surface area contributed by atoms with Gasteiger partial charge in [0.2, 0.25) is 5.91 Å². The van der Waals surface area contributed by atoms with Gasteiger partial charge in [0.05, 0.1) is 5.69 Å². The van der Waals surface area contributed by atoms with Gasteiger partial charge in [-0.2, -0.15) is 0 Å². The summed E-state index contributed by atoms with van der Waals surface area (Å²) in [7, 11) is 0. The number of nitrogens with one attached hydrogen (secondary N) is 2. The average Bonchev–Trinajstić information content (AvgIpc) is 3.09. The molecule has 1 fully saturated rings. The van der Waals surface area contributed by atoms with E-state index in [1.165, 1.54) is 19.2 Å². The molecular weight excluding hydrogens is 316 g/mol. The number of carbonyl (C=O) groups is 1. The van der Waals surface area contributed by atoms with Gasteiger partial charge in [-0.05, 0) is 66.9 Å². The molecule has 0 atom stereocenters. The molecule has 1 saturated heterocycles. The third kappa shape index (κ3) is 5.01. The average molecular weight is 337 g/mol. The normalized spacial score (nSPS) is 15.0. The smallest absolute Gasteiger partial charge is 0.224 e. The van der Waals surface area contributed by atoms with Crippen LogP contribution in [-0.2, 0) is 4.79 Å². The number of anilines is 1. The van der Waals surface area contributed by atoms with E-state index in [0.717, 1.165) is 30.9 Å². The first-order valence-corrected chi connectivity index (χ1v) is 7.65. The maximum atomic E-state index is 12.1. The van der Waals surface area contributed by atoms with Crippen LogP contribution in [0.2, 0.25) is 0 Å². The van der Waals surface area contributed by atoms with Gasteiger partial charge in [-0.1, -0.05) is 6.07 Å². The van der Waals surface area contributed by atoms with Crippen LogP contribution >= 0.6 is 12.4 Å². The number of rotatable bonds is 5. The van der Waals surface area contributed by atoms with Crippen molar-refractivity contribution in [1.82, 2.24) is 25.5 Å². The zero-order valence-corrected chi connectivity index (χ0v) is 13.6. The van der Waals surface area contributed by atoms with Gasteiger partial charge in [-0.25, -0.2) is 4.68 Å². The van der Waals surface area contributed by atoms with E-state index in [-0.39, 0.29) is 18.3 Å². The molecule has 1 aliphatic rings. The zero-order chi connectivity index (χ0) is 15.2. The van der Waals surface area contributed by atoms with E-state index in [9.17, 15) is 4.79 Å². The molecule has 1 aromatic heterocycles. The molecule has 1 aromatic carbocycles. The van der Waals surface area contributed by atoms with Gasteiger partial charge in [-0.3, -0.25) is 4.79 Å². The first-order chi connectivity index (χ1) is 10.8. The molecule has 2 aromatic rings. The second-order valence-corrected chi connectivity index (χ2v) is 5.58. The number of aromatic nitrogens is 4. The minimum absolute atomic E-state index is 0. The van der Waals surface area contributed by atoms with Crippen LogP contribution in [-0.4, -0.2) is 39.2 Å². The highest BCUT2D eigenvalue weighted by molar-refractivity contribution is 5.90. The number of carbonyl (C=O) groups excluding carboxylic acids is 1. The predicted molar refractivity (Wildman–Crippen MR) is 89.9 cm³/mol. The SMILES string of the molecule is Cl.O=C(CCC1CCNCC1)Nc1cccc(-n2cnnn2)c1. The Morgan fingerprint density at radius 1 is 1.35 bits per heavy atom. The van der Waals surface area contributed by atoms with Gasteiger partial charge in [0.1, 0.15) is 6.33 Å². The Balaban J connectivity index is 0.00000192. The van der Waals surface area contributed by atoms with Crippen LogP contribution in [0.3, 0.4) is 0 Å². The summed E-state index contributed by atoms with van der Waals surface area (Å²) in [5.74, 6) is 0.729. The maximum Gasteiger partial charge on any atom is 0.224 e. The standard InChI is InChI=1S/C15H20N6O.ClH/c22-15(5-4-12-6-8-16-9-7-12)18-13-2-1-3-14(10-13)21-11-17-19-20-21;/h1-3,10-12,16H,4-9H2,(H,18,22);1H. The summed E-state index contributed by atoms with van der Waals surface area (Å²) in [6.07, 6.45) is 5.39. The Morgan fingerprint density at radius 3 is 2.91 bits per heavy atom. The van der Waals surface area contributed by atoms with Crippen molar-refractivity contribution in [2.75, 3.05) is 18.4 Å². The monoisotopic (exact) mass is 336 g/mol. The quantitative estimate of drug-likeness (QED) is 0.869. The Hall–Kier alpha value is -1.99.